The Morgan fingerprint density at radius 2 is 2.00 bits per heavy atom. The molecular weight excluding hydrogens is 146 g/mol. The van der Waals surface area contributed by atoms with Crippen LogP contribution in [-0.4, -0.2) is 12.3 Å². The summed E-state index contributed by atoms with van der Waals surface area (Å²) in [6.07, 6.45) is 1.31. The molecule has 54 valence electrons. The SMILES string of the molecule is NC1=NC(=C2N=CN=N2)N=N1. The van der Waals surface area contributed by atoms with Gasteiger partial charge in [0.1, 0.15) is 6.34 Å². The van der Waals surface area contributed by atoms with Gasteiger partial charge in [0, 0.05) is 0 Å². The highest BCUT2D eigenvalue weighted by atomic mass is 15.3. The molecule has 0 bridgehead atoms. The molecule has 0 radical (unpaired) electrons. The van der Waals surface area contributed by atoms with E-state index in [4.69, 9.17) is 5.73 Å². The lowest BCUT2D eigenvalue weighted by Gasteiger charge is -1.83. The predicted molar refractivity (Wildman–Crippen MR) is 36.9 cm³/mol. The molecule has 0 atom stereocenters. The molecule has 2 N–H and O–H groups in total. The van der Waals surface area contributed by atoms with Crippen LogP contribution in [0.1, 0.15) is 0 Å². The predicted octanol–water partition coefficient (Wildman–Crippen LogP) is 0.388. The minimum absolute atomic E-state index is 0.116. The Labute approximate surface area is 61.2 Å². The van der Waals surface area contributed by atoms with Crippen LogP contribution in [0.4, 0.5) is 0 Å². The molecule has 0 saturated carbocycles. The third-order valence-electron chi connectivity index (χ3n) is 1.05. The Bertz CT molecular complexity index is 316. The van der Waals surface area contributed by atoms with Crippen LogP contribution >= 0.6 is 0 Å². The van der Waals surface area contributed by atoms with Gasteiger partial charge in [-0.15, -0.1) is 20.5 Å². The molecule has 7 heteroatoms. The molecule has 2 aliphatic heterocycles. The van der Waals surface area contributed by atoms with Gasteiger partial charge in [-0.3, -0.25) is 0 Å². The minimum Gasteiger partial charge on any atom is -0.366 e. The van der Waals surface area contributed by atoms with Crippen LogP contribution in [0.2, 0.25) is 0 Å². The van der Waals surface area contributed by atoms with Crippen molar-refractivity contribution in [3.63, 3.8) is 0 Å². The lowest BCUT2D eigenvalue weighted by atomic mass is 10.7. The lowest BCUT2D eigenvalue weighted by molar-refractivity contribution is 1.07. The zero-order chi connectivity index (χ0) is 7.68. The first kappa shape index (κ1) is 5.83. The summed E-state index contributed by atoms with van der Waals surface area (Å²) < 4.78 is 0. The number of nitrogens with zero attached hydrogens (tertiary/aromatic N) is 6. The van der Waals surface area contributed by atoms with Crippen molar-refractivity contribution in [1.29, 1.82) is 0 Å². The van der Waals surface area contributed by atoms with E-state index in [1.54, 1.807) is 0 Å². The molecule has 0 aliphatic carbocycles. The highest BCUT2D eigenvalue weighted by Gasteiger charge is 2.11. The Morgan fingerprint density at radius 1 is 1.09 bits per heavy atom. The molecule has 0 aromatic carbocycles. The monoisotopic (exact) mass is 149 g/mol. The first-order valence-corrected chi connectivity index (χ1v) is 2.80. The van der Waals surface area contributed by atoms with Crippen molar-refractivity contribution in [1.82, 2.24) is 0 Å². The molecule has 0 aromatic rings. The first-order chi connectivity index (χ1) is 5.36. The van der Waals surface area contributed by atoms with Gasteiger partial charge >= 0.3 is 0 Å². The molecule has 0 amide bonds. The van der Waals surface area contributed by atoms with E-state index in [1.807, 2.05) is 0 Å². The summed E-state index contributed by atoms with van der Waals surface area (Å²) in [5.74, 6) is 0.763. The minimum atomic E-state index is 0.116. The van der Waals surface area contributed by atoms with E-state index in [0.29, 0.717) is 11.6 Å². The Kier molecular flexibility index (Phi) is 1.08. The molecule has 2 heterocycles. The molecule has 2 rings (SSSR count). The van der Waals surface area contributed by atoms with Gasteiger partial charge in [0.05, 0.1) is 0 Å². The lowest BCUT2D eigenvalue weighted by Crippen LogP contribution is -2.03. The van der Waals surface area contributed by atoms with Crippen LogP contribution in [0.25, 0.3) is 0 Å². The van der Waals surface area contributed by atoms with E-state index >= 15 is 0 Å². The highest BCUT2D eigenvalue weighted by Crippen LogP contribution is 2.17. The van der Waals surface area contributed by atoms with Gasteiger partial charge in [0.25, 0.3) is 0 Å². The normalized spacial score (nSPS) is 26.7. The second kappa shape index (κ2) is 2.04. The zero-order valence-electron chi connectivity index (χ0n) is 5.34. The summed E-state index contributed by atoms with van der Waals surface area (Å²) in [4.78, 5) is 7.50. The van der Waals surface area contributed by atoms with Crippen molar-refractivity contribution in [2.75, 3.05) is 0 Å². The average molecular weight is 149 g/mol. The molecule has 11 heavy (non-hydrogen) atoms. The van der Waals surface area contributed by atoms with Crippen LogP contribution in [0.3, 0.4) is 0 Å². The number of guanidine groups is 1. The van der Waals surface area contributed by atoms with Crippen LogP contribution in [-0.2, 0) is 0 Å². The molecule has 0 spiro atoms. The van der Waals surface area contributed by atoms with E-state index in [-0.39, 0.29) is 5.96 Å². The fourth-order valence-corrected chi connectivity index (χ4v) is 0.636. The van der Waals surface area contributed by atoms with Crippen molar-refractivity contribution < 1.29 is 0 Å². The van der Waals surface area contributed by atoms with E-state index in [2.05, 4.69) is 30.4 Å². The van der Waals surface area contributed by atoms with Gasteiger partial charge in [-0.05, 0) is 0 Å². The summed E-state index contributed by atoms with van der Waals surface area (Å²) in [6.45, 7) is 0. The van der Waals surface area contributed by atoms with Crippen LogP contribution < -0.4 is 5.73 Å². The number of aliphatic imine (C=N–C) groups is 2. The molecule has 0 saturated heterocycles. The van der Waals surface area contributed by atoms with Gasteiger partial charge in [-0.2, -0.15) is 4.99 Å². The van der Waals surface area contributed by atoms with Gasteiger partial charge in [0.15, 0.2) is 0 Å². The summed E-state index contributed by atoms with van der Waals surface area (Å²) in [7, 11) is 0. The number of hydrogen-bond donors (Lipinski definition) is 1. The van der Waals surface area contributed by atoms with Crippen molar-refractivity contribution in [2.45, 2.75) is 0 Å². The highest BCUT2D eigenvalue weighted by molar-refractivity contribution is 5.81. The average Bonchev–Trinajstić information content (AvgIpc) is 2.55. The third kappa shape index (κ3) is 0.914. The maximum Gasteiger partial charge on any atom is 0.242 e. The van der Waals surface area contributed by atoms with Gasteiger partial charge in [-0.25, -0.2) is 4.99 Å². The van der Waals surface area contributed by atoms with Crippen LogP contribution in [0.5, 0.6) is 0 Å². The molecule has 2 aliphatic rings. The van der Waals surface area contributed by atoms with Gasteiger partial charge in [-0.1, -0.05) is 0 Å². The fourth-order valence-electron chi connectivity index (χ4n) is 0.636. The number of rotatable bonds is 0. The van der Waals surface area contributed by atoms with Crippen molar-refractivity contribution in [3.8, 4) is 0 Å². The van der Waals surface area contributed by atoms with Crippen LogP contribution in [0, 0.1) is 0 Å². The number of azo groups is 2. The topological polar surface area (TPSA) is 100 Å². The summed E-state index contributed by atoms with van der Waals surface area (Å²) in [5, 5.41) is 14.2. The molecule has 0 aromatic heterocycles. The van der Waals surface area contributed by atoms with Gasteiger partial charge in [0.2, 0.25) is 17.6 Å². The second-order valence-electron chi connectivity index (χ2n) is 1.78. The number of nitrogens with two attached hydrogens (primary N) is 1. The number of hydrogen-bond acceptors (Lipinski definition) is 7. The standard InChI is InChI=1S/C4H3N7/c5-4-8-3(10-11-4)2-6-1-7-9-2/h1H,(H2,5,8). The fraction of sp³-hybridized carbons (Fsp3) is 0. The van der Waals surface area contributed by atoms with Crippen molar-refractivity contribution >= 4 is 12.3 Å². The molecular formula is C4H3N7. The zero-order valence-corrected chi connectivity index (χ0v) is 5.34. The largest absolute Gasteiger partial charge is 0.366 e. The van der Waals surface area contributed by atoms with Crippen molar-refractivity contribution in [2.24, 2.45) is 36.2 Å². The summed E-state index contributed by atoms with van der Waals surface area (Å²) >= 11 is 0. The Balaban J connectivity index is 2.44. The van der Waals surface area contributed by atoms with Gasteiger partial charge < -0.3 is 5.73 Å². The van der Waals surface area contributed by atoms with E-state index in [0.717, 1.165) is 0 Å². The summed E-state index contributed by atoms with van der Waals surface area (Å²) in [5.41, 5.74) is 5.22. The smallest absolute Gasteiger partial charge is 0.242 e. The molecule has 7 nitrogen and oxygen atoms in total. The Morgan fingerprint density at radius 3 is 2.55 bits per heavy atom. The Hall–Kier alpha value is -1.92. The molecule has 0 fully saturated rings. The third-order valence-corrected chi connectivity index (χ3v) is 1.05. The quantitative estimate of drug-likeness (QED) is 0.529. The molecule has 0 unspecified atom stereocenters. The van der Waals surface area contributed by atoms with Crippen LogP contribution in [0.15, 0.2) is 42.1 Å². The maximum atomic E-state index is 5.22. The van der Waals surface area contributed by atoms with E-state index in [9.17, 15) is 0 Å². The first-order valence-electron chi connectivity index (χ1n) is 2.80. The van der Waals surface area contributed by atoms with Crippen molar-refractivity contribution in [3.05, 3.63) is 11.6 Å². The van der Waals surface area contributed by atoms with E-state index < -0.39 is 0 Å². The van der Waals surface area contributed by atoms with E-state index in [1.165, 1.54) is 6.34 Å². The summed E-state index contributed by atoms with van der Waals surface area (Å²) in [6, 6.07) is 0. The maximum absolute atomic E-state index is 5.22. The second-order valence-corrected chi connectivity index (χ2v) is 1.78.